The zero-order chi connectivity index (χ0) is 57.6. The van der Waals surface area contributed by atoms with Crippen LogP contribution in [-0.2, 0) is 65.5 Å². The maximum atomic E-state index is 14.1. The van der Waals surface area contributed by atoms with Crippen LogP contribution in [0.2, 0.25) is 0 Å². The van der Waals surface area contributed by atoms with Crippen molar-refractivity contribution in [2.45, 2.75) is 139 Å². The fourth-order valence-corrected chi connectivity index (χ4v) is 15.6. The number of anilines is 2. The van der Waals surface area contributed by atoms with Crippen molar-refractivity contribution in [3.63, 3.8) is 0 Å². The molecule has 0 spiro atoms. The summed E-state index contributed by atoms with van der Waals surface area (Å²) in [5.74, 6) is -4.69. The zero-order valence-electron chi connectivity index (χ0n) is 44.6. The van der Waals surface area contributed by atoms with Gasteiger partial charge >= 0.3 is 12.1 Å². The van der Waals surface area contributed by atoms with E-state index >= 15 is 0 Å². The number of Topliss-reactive ketones (excluding diaryl/α,β-unsaturated/α-hetero) is 1. The normalized spacial score (nSPS) is 37.6. The highest BCUT2D eigenvalue weighted by Gasteiger charge is 2.80. The molecule has 81 heavy (non-hydrogen) atoms. The molecule has 3 aliphatic heterocycles. The maximum Gasteiger partial charge on any atom is 0.411 e. The Kier molecular flexibility index (Phi) is 14.5. The molecular weight excluding hydrogens is 1060 g/mol. The predicted molar refractivity (Wildman–Crippen MR) is 279 cm³/mol. The lowest BCUT2D eigenvalue weighted by Gasteiger charge is -2.72. The van der Waals surface area contributed by atoms with Gasteiger partial charge in [0.2, 0.25) is 18.1 Å². The topological polar surface area (TPSA) is 343 Å². The molecule has 432 valence electrons. The van der Waals surface area contributed by atoms with Crippen LogP contribution in [-0.4, -0.2) is 157 Å². The van der Waals surface area contributed by atoms with E-state index in [9.17, 15) is 69.0 Å². The van der Waals surface area contributed by atoms with Crippen molar-refractivity contribution in [3.8, 4) is 5.75 Å². The summed E-state index contributed by atoms with van der Waals surface area (Å²) in [6.45, 7) is 2.76. The lowest BCUT2D eigenvalue weighted by atomic mass is 9.33. The van der Waals surface area contributed by atoms with Crippen molar-refractivity contribution in [1.29, 1.82) is 0 Å². The van der Waals surface area contributed by atoms with Crippen molar-refractivity contribution in [2.75, 3.05) is 30.3 Å². The third-order valence-electron chi connectivity index (χ3n) is 19.1. The van der Waals surface area contributed by atoms with E-state index in [0.29, 0.717) is 30.5 Å². The molecule has 9 N–H and O–H groups in total. The molecule has 3 heterocycles. The molecule has 23 nitrogen and oxygen atoms in total. The second-order valence-corrected chi connectivity index (χ2v) is 24.1. The van der Waals surface area contributed by atoms with E-state index in [2.05, 4.69) is 22.9 Å². The number of imide groups is 1. The number of carboxylic acid groups (broad SMARTS) is 1. The van der Waals surface area contributed by atoms with Gasteiger partial charge in [0.1, 0.15) is 37.3 Å². The van der Waals surface area contributed by atoms with Crippen LogP contribution < -0.4 is 20.7 Å². The molecule has 2 aromatic carbocycles. The minimum absolute atomic E-state index is 0.0122. The lowest BCUT2D eigenvalue weighted by Crippen LogP contribution is -2.69. The van der Waals surface area contributed by atoms with Gasteiger partial charge in [0.25, 0.3) is 11.8 Å². The van der Waals surface area contributed by atoms with Gasteiger partial charge in [-0.15, -0.1) is 0 Å². The number of allylic oxidation sites excluding steroid dienone is 4. The van der Waals surface area contributed by atoms with Crippen LogP contribution in [0.3, 0.4) is 0 Å². The molecule has 14 atom stereocenters. The van der Waals surface area contributed by atoms with E-state index in [1.807, 2.05) is 31.2 Å². The number of hydrogen-bond acceptors (Lipinski definition) is 18. The van der Waals surface area contributed by atoms with Crippen molar-refractivity contribution in [1.82, 2.24) is 10.2 Å². The minimum Gasteiger partial charge on any atom is -0.479 e. The molecule has 2 bridgehead atoms. The van der Waals surface area contributed by atoms with E-state index in [0.717, 1.165) is 60.3 Å². The average molecular weight is 1120 g/mol. The monoisotopic (exact) mass is 1120 g/mol. The number of rotatable bonds is 18. The van der Waals surface area contributed by atoms with E-state index in [4.69, 9.17) is 23.7 Å². The molecule has 8 fully saturated rings. The number of benzene rings is 2. The summed E-state index contributed by atoms with van der Waals surface area (Å²) in [4.78, 5) is 102. The number of nitrogens with one attached hydrogen (secondary N) is 3. The molecule has 5 amide bonds. The van der Waals surface area contributed by atoms with Crippen molar-refractivity contribution in [3.05, 3.63) is 89.5 Å². The summed E-state index contributed by atoms with van der Waals surface area (Å²) < 4.78 is 30.4. The number of fused-ring (bicyclic) bond motifs is 7. The molecule has 0 unspecified atom stereocenters. The smallest absolute Gasteiger partial charge is 0.411 e. The van der Waals surface area contributed by atoms with Crippen molar-refractivity contribution >= 4 is 58.6 Å². The largest absolute Gasteiger partial charge is 0.479 e. The van der Waals surface area contributed by atoms with Gasteiger partial charge in [-0.1, -0.05) is 43.7 Å². The van der Waals surface area contributed by atoms with E-state index in [1.165, 1.54) is 18.2 Å². The van der Waals surface area contributed by atoms with Gasteiger partial charge in [0.05, 0.1) is 17.9 Å². The first-order valence-electron chi connectivity index (χ1n) is 27.5. The summed E-state index contributed by atoms with van der Waals surface area (Å²) >= 11 is 0. The average Bonchev–Trinajstić information content (AvgIpc) is 2.38. The number of aliphatic hydroxyl groups excluding tert-OH is 5. The van der Waals surface area contributed by atoms with Gasteiger partial charge in [-0.25, -0.2) is 9.59 Å². The molecule has 10 aliphatic rings. The Morgan fingerprint density at radius 3 is 2.33 bits per heavy atom. The second kappa shape index (κ2) is 20.9. The first-order valence-corrected chi connectivity index (χ1v) is 27.5. The minimum atomic E-state index is -2.00. The van der Waals surface area contributed by atoms with Gasteiger partial charge in [-0.3, -0.25) is 39.0 Å². The van der Waals surface area contributed by atoms with E-state index < -0.39 is 114 Å². The molecule has 2 saturated heterocycles. The Hall–Kier alpha value is -6.70. The number of carbonyl (C=O) groups is 8. The summed E-state index contributed by atoms with van der Waals surface area (Å²) in [6, 6.07) is 11.5. The Morgan fingerprint density at radius 2 is 1.60 bits per heavy atom. The molecule has 23 heteroatoms. The van der Waals surface area contributed by atoms with Gasteiger partial charge in [-0.2, -0.15) is 0 Å². The number of ether oxygens (including phenoxy) is 5. The highest BCUT2D eigenvalue weighted by molar-refractivity contribution is 6.13. The van der Waals surface area contributed by atoms with E-state index in [-0.39, 0.29) is 78.3 Å². The zero-order valence-corrected chi connectivity index (χ0v) is 44.6. The number of amides is 5. The number of nitrogens with zero attached hydrogens (tertiary/aromatic N) is 1. The third kappa shape index (κ3) is 9.67. The Labute approximate surface area is 464 Å². The van der Waals surface area contributed by atoms with Crippen LogP contribution in [0.15, 0.2) is 78.4 Å². The fraction of sp³-hybridized carbons (Fsp3) is 0.552. The number of carboxylic acids is 1. The summed E-state index contributed by atoms with van der Waals surface area (Å²) in [5.41, 5.74) is -0.376. The van der Waals surface area contributed by atoms with Crippen molar-refractivity contribution in [2.24, 2.45) is 39.4 Å². The number of aliphatic hydroxyl groups is 5. The highest BCUT2D eigenvalue weighted by atomic mass is 16.7. The molecule has 0 radical (unpaired) electrons. The van der Waals surface area contributed by atoms with Crippen LogP contribution in [0.5, 0.6) is 5.75 Å². The first kappa shape index (κ1) is 56.2. The van der Waals surface area contributed by atoms with Gasteiger partial charge in [0.15, 0.2) is 29.6 Å². The summed E-state index contributed by atoms with van der Waals surface area (Å²) in [5, 5.41) is 71.2. The van der Waals surface area contributed by atoms with Crippen LogP contribution in [0.4, 0.5) is 16.2 Å². The fourth-order valence-electron chi connectivity index (χ4n) is 15.6. The molecule has 6 saturated carbocycles. The predicted octanol–water partition coefficient (Wildman–Crippen LogP) is 2.11. The highest BCUT2D eigenvalue weighted by Crippen LogP contribution is 2.79. The standard InChI is InChI=1S/C58H66N4O19/c1-54-15-12-33(64)20-31(54)7-8-34-35-21-40-58(39(66)24-63,55(35,2)23-37(65)45(34)54)81-52(79-40)57-26-56(27-57,28-57)22-29-4-3-5-32(18-29)60-53(76)77-25-30-6-9-38(78-51-48(73)46(71)47(72)49(80-51)50(74)75)36(19-30)61-42(68)13-16-59-41(67)14-17-62-43(69)10-11-44(62)70/h3-6,9-12,15,18-20,34-35,37,40,45-49,51-52,63,65,71-73H,7-8,13-14,16-17,21-28H2,1-2H3,(H,59,67)(H,60,76)(H,61,68)(H,74,75)/t34-,35-,37-,40+,45+,46-,47-,48+,49-,51+,52+,54-,55-,56?,57?,58+/m0/s1. The van der Waals surface area contributed by atoms with Gasteiger partial charge in [0, 0.05) is 65.9 Å². The van der Waals surface area contributed by atoms with Gasteiger partial charge in [-0.05, 0) is 116 Å². The molecule has 2 aromatic rings. The Balaban J connectivity index is 0.699. The number of hydrogen-bond donors (Lipinski definition) is 9. The molecule has 0 aromatic heterocycles. The second-order valence-electron chi connectivity index (χ2n) is 24.1. The summed E-state index contributed by atoms with van der Waals surface area (Å²) in [6.07, 6.45) is -0.249. The molecule has 12 rings (SSSR count). The Morgan fingerprint density at radius 1 is 0.852 bits per heavy atom. The summed E-state index contributed by atoms with van der Waals surface area (Å²) in [7, 11) is 0. The molecular formula is C58H66N4O19. The van der Waals surface area contributed by atoms with Crippen LogP contribution in [0, 0.1) is 39.4 Å². The van der Waals surface area contributed by atoms with Gasteiger partial charge < -0.3 is 65.0 Å². The number of aliphatic carboxylic acids is 1. The number of carbonyl (C=O) groups excluding carboxylic acids is 7. The van der Waals surface area contributed by atoms with Crippen LogP contribution >= 0.6 is 0 Å². The quantitative estimate of drug-likeness (QED) is 0.0965. The molecule has 7 aliphatic carbocycles. The third-order valence-corrected chi connectivity index (χ3v) is 19.1. The lowest BCUT2D eigenvalue weighted by molar-refractivity contribution is -0.323. The maximum absolute atomic E-state index is 14.1. The first-order chi connectivity index (χ1) is 38.5. The SMILES string of the molecule is C[C@]12C=CC(=O)C=C1CC[C@@H]1[C@@H]2[C@@H](O)C[C@@]2(C)[C@H]1C[C@H]1O[C@@H](C34CC(Cc5cccc(NC(=O)OCc6ccc(O[C@@H]7O[C@H](C(=O)O)[C@@H](O)[C@H](O)[C@H]7O)c(NC(=O)CCNC(=O)CCN7C(=O)C=CC7=O)c6)c5)(C3)C4)O[C@]12C(=O)CO. The van der Waals surface area contributed by atoms with Crippen LogP contribution in [0.1, 0.15) is 82.8 Å². The van der Waals surface area contributed by atoms with Crippen LogP contribution in [0.25, 0.3) is 0 Å². The number of ketones is 2. The van der Waals surface area contributed by atoms with E-state index in [1.54, 1.807) is 18.2 Å². The Bertz CT molecular complexity index is 3030. The van der Waals surface area contributed by atoms with Crippen molar-refractivity contribution < 1.29 is 92.7 Å².